The molecule has 2 N–H and O–H groups in total. The molecule has 0 atom stereocenters. The van der Waals surface area contributed by atoms with Crippen molar-refractivity contribution in [1.29, 1.82) is 0 Å². The van der Waals surface area contributed by atoms with Gasteiger partial charge in [0.25, 0.3) is 5.56 Å². The molecule has 0 bridgehead atoms. The van der Waals surface area contributed by atoms with Crippen molar-refractivity contribution in [3.05, 3.63) is 52.6 Å². The van der Waals surface area contributed by atoms with Gasteiger partial charge in [0.15, 0.2) is 0 Å². The van der Waals surface area contributed by atoms with Crippen molar-refractivity contribution in [2.75, 3.05) is 6.54 Å². The molecule has 4 nitrogen and oxygen atoms in total. The Labute approximate surface area is 106 Å². The summed E-state index contributed by atoms with van der Waals surface area (Å²) in [7, 11) is 0. The Balaban J connectivity index is 2.40. The van der Waals surface area contributed by atoms with Crippen molar-refractivity contribution in [2.24, 2.45) is 5.73 Å². The molecule has 0 aliphatic carbocycles. The molecule has 4 heteroatoms. The highest BCUT2D eigenvalue weighted by molar-refractivity contribution is 5.58. The van der Waals surface area contributed by atoms with Crippen molar-refractivity contribution in [1.82, 2.24) is 9.55 Å². The summed E-state index contributed by atoms with van der Waals surface area (Å²) >= 11 is 0. The highest BCUT2D eigenvalue weighted by atomic mass is 16.1. The minimum Gasteiger partial charge on any atom is -0.330 e. The van der Waals surface area contributed by atoms with Gasteiger partial charge in [-0.3, -0.25) is 9.36 Å². The van der Waals surface area contributed by atoms with Crippen LogP contribution in [0.5, 0.6) is 0 Å². The van der Waals surface area contributed by atoms with Gasteiger partial charge in [-0.2, -0.15) is 0 Å². The van der Waals surface area contributed by atoms with Crippen LogP contribution in [-0.4, -0.2) is 16.1 Å². The molecule has 94 valence electrons. The van der Waals surface area contributed by atoms with Gasteiger partial charge in [-0.15, -0.1) is 0 Å². The first-order valence-electron chi connectivity index (χ1n) is 6.06. The second kappa shape index (κ2) is 5.60. The van der Waals surface area contributed by atoms with E-state index in [1.807, 2.05) is 37.3 Å². The average Bonchev–Trinajstić information content (AvgIpc) is 2.39. The SMILES string of the molecule is Cc1nc(-c2ccccc2)cc(=O)n1CCCN. The molecule has 0 fully saturated rings. The predicted molar refractivity (Wildman–Crippen MR) is 72.3 cm³/mol. The first kappa shape index (κ1) is 12.5. The van der Waals surface area contributed by atoms with Gasteiger partial charge in [0.2, 0.25) is 0 Å². The molecule has 1 aromatic carbocycles. The van der Waals surface area contributed by atoms with E-state index in [0.29, 0.717) is 13.1 Å². The topological polar surface area (TPSA) is 60.9 Å². The first-order chi connectivity index (χ1) is 8.72. The molecule has 0 saturated carbocycles. The van der Waals surface area contributed by atoms with Crippen molar-refractivity contribution >= 4 is 0 Å². The highest BCUT2D eigenvalue weighted by Gasteiger charge is 2.06. The maximum absolute atomic E-state index is 12.0. The molecule has 0 aliphatic rings. The van der Waals surface area contributed by atoms with Gasteiger partial charge < -0.3 is 5.73 Å². The second-order valence-electron chi connectivity index (χ2n) is 4.19. The lowest BCUT2D eigenvalue weighted by Gasteiger charge is -2.10. The molecular formula is C14H17N3O. The van der Waals surface area contributed by atoms with Crippen LogP contribution in [0.1, 0.15) is 12.2 Å². The number of nitrogens with two attached hydrogens (primary N) is 1. The zero-order valence-electron chi connectivity index (χ0n) is 10.5. The zero-order chi connectivity index (χ0) is 13.0. The summed E-state index contributed by atoms with van der Waals surface area (Å²) < 4.78 is 1.67. The fourth-order valence-electron chi connectivity index (χ4n) is 1.90. The van der Waals surface area contributed by atoms with E-state index in [2.05, 4.69) is 4.98 Å². The summed E-state index contributed by atoms with van der Waals surface area (Å²) in [5, 5.41) is 0. The number of hydrogen-bond acceptors (Lipinski definition) is 3. The number of aromatic nitrogens is 2. The van der Waals surface area contributed by atoms with Crippen LogP contribution in [0.15, 0.2) is 41.2 Å². The molecule has 0 amide bonds. The molecule has 1 aromatic heterocycles. The smallest absolute Gasteiger partial charge is 0.254 e. The van der Waals surface area contributed by atoms with Crippen LogP contribution in [0.25, 0.3) is 11.3 Å². The van der Waals surface area contributed by atoms with E-state index < -0.39 is 0 Å². The Bertz CT molecular complexity index is 575. The van der Waals surface area contributed by atoms with Crippen LogP contribution >= 0.6 is 0 Å². The lowest BCUT2D eigenvalue weighted by Crippen LogP contribution is -2.24. The summed E-state index contributed by atoms with van der Waals surface area (Å²) in [4.78, 5) is 16.5. The lowest BCUT2D eigenvalue weighted by molar-refractivity contribution is 0.600. The maximum Gasteiger partial charge on any atom is 0.254 e. The van der Waals surface area contributed by atoms with Gasteiger partial charge in [0.05, 0.1) is 5.69 Å². The van der Waals surface area contributed by atoms with E-state index in [4.69, 9.17) is 5.73 Å². The van der Waals surface area contributed by atoms with Crippen LogP contribution < -0.4 is 11.3 Å². The summed E-state index contributed by atoms with van der Waals surface area (Å²) in [6.07, 6.45) is 0.785. The second-order valence-corrected chi connectivity index (χ2v) is 4.19. The van der Waals surface area contributed by atoms with Crippen molar-refractivity contribution in [2.45, 2.75) is 19.9 Å². The molecule has 0 unspecified atom stereocenters. The number of nitrogens with zero attached hydrogens (tertiary/aromatic N) is 2. The highest BCUT2D eigenvalue weighted by Crippen LogP contribution is 2.14. The first-order valence-corrected chi connectivity index (χ1v) is 6.06. The molecule has 0 aliphatic heterocycles. The molecular weight excluding hydrogens is 226 g/mol. The lowest BCUT2D eigenvalue weighted by atomic mass is 10.1. The summed E-state index contributed by atoms with van der Waals surface area (Å²) in [5.41, 5.74) is 7.13. The molecule has 0 spiro atoms. The molecule has 1 heterocycles. The standard InChI is InChI=1S/C14H17N3O/c1-11-16-13(12-6-3-2-4-7-12)10-14(18)17(11)9-5-8-15/h2-4,6-7,10H,5,8-9,15H2,1H3. The summed E-state index contributed by atoms with van der Waals surface area (Å²) in [6, 6.07) is 11.3. The fraction of sp³-hybridized carbons (Fsp3) is 0.286. The molecule has 2 aromatic rings. The van der Waals surface area contributed by atoms with Crippen LogP contribution in [0.4, 0.5) is 0 Å². The molecule has 0 saturated heterocycles. The number of benzene rings is 1. The maximum atomic E-state index is 12.0. The monoisotopic (exact) mass is 243 g/mol. The third-order valence-corrected chi connectivity index (χ3v) is 2.85. The minimum absolute atomic E-state index is 0.0187. The van der Waals surface area contributed by atoms with Gasteiger partial charge in [-0.25, -0.2) is 4.98 Å². The number of rotatable bonds is 4. The van der Waals surface area contributed by atoms with E-state index in [1.165, 1.54) is 0 Å². The Morgan fingerprint density at radius 1 is 1.28 bits per heavy atom. The Kier molecular flexibility index (Phi) is 3.89. The van der Waals surface area contributed by atoms with E-state index in [-0.39, 0.29) is 5.56 Å². The van der Waals surface area contributed by atoms with Gasteiger partial charge in [0.1, 0.15) is 5.82 Å². The van der Waals surface area contributed by atoms with E-state index in [9.17, 15) is 4.79 Å². The van der Waals surface area contributed by atoms with Crippen molar-refractivity contribution in [3.63, 3.8) is 0 Å². The Morgan fingerprint density at radius 3 is 2.61 bits per heavy atom. The van der Waals surface area contributed by atoms with Gasteiger partial charge in [-0.05, 0) is 19.9 Å². The fourth-order valence-corrected chi connectivity index (χ4v) is 1.90. The normalized spacial score (nSPS) is 10.6. The molecule has 18 heavy (non-hydrogen) atoms. The van der Waals surface area contributed by atoms with Crippen molar-refractivity contribution in [3.8, 4) is 11.3 Å². The quantitative estimate of drug-likeness (QED) is 0.886. The largest absolute Gasteiger partial charge is 0.330 e. The third-order valence-electron chi connectivity index (χ3n) is 2.85. The Morgan fingerprint density at radius 2 is 2.00 bits per heavy atom. The van der Waals surface area contributed by atoms with Gasteiger partial charge in [0, 0.05) is 18.2 Å². The number of aryl methyl sites for hydroxylation is 1. The van der Waals surface area contributed by atoms with Crippen LogP contribution in [0.3, 0.4) is 0 Å². The van der Waals surface area contributed by atoms with Crippen LogP contribution in [-0.2, 0) is 6.54 Å². The van der Waals surface area contributed by atoms with Crippen LogP contribution in [0, 0.1) is 6.92 Å². The predicted octanol–water partition coefficient (Wildman–Crippen LogP) is 1.57. The van der Waals surface area contributed by atoms with Crippen molar-refractivity contribution < 1.29 is 0 Å². The Hall–Kier alpha value is -1.94. The van der Waals surface area contributed by atoms with E-state index >= 15 is 0 Å². The number of hydrogen-bond donors (Lipinski definition) is 1. The molecule has 0 radical (unpaired) electrons. The summed E-state index contributed by atoms with van der Waals surface area (Å²) in [5.74, 6) is 0.731. The van der Waals surface area contributed by atoms with E-state index in [0.717, 1.165) is 23.5 Å². The molecule has 2 rings (SSSR count). The average molecular weight is 243 g/mol. The zero-order valence-corrected chi connectivity index (χ0v) is 10.5. The summed E-state index contributed by atoms with van der Waals surface area (Å²) in [6.45, 7) is 3.06. The van der Waals surface area contributed by atoms with Crippen LogP contribution in [0.2, 0.25) is 0 Å². The van der Waals surface area contributed by atoms with Gasteiger partial charge in [-0.1, -0.05) is 30.3 Å². The van der Waals surface area contributed by atoms with E-state index in [1.54, 1.807) is 10.6 Å². The third kappa shape index (κ3) is 2.65. The minimum atomic E-state index is -0.0187. The van der Waals surface area contributed by atoms with Gasteiger partial charge >= 0.3 is 0 Å².